The molecule has 0 spiro atoms. The Balaban J connectivity index is 1.06. The summed E-state index contributed by atoms with van der Waals surface area (Å²) in [6.45, 7) is 2.97. The first kappa shape index (κ1) is 27.3. The van der Waals surface area contributed by atoms with E-state index in [2.05, 4.69) is 22.3 Å². The van der Waals surface area contributed by atoms with E-state index in [1.54, 1.807) is 11.3 Å². The van der Waals surface area contributed by atoms with E-state index in [9.17, 15) is 13.6 Å². The van der Waals surface area contributed by atoms with Crippen molar-refractivity contribution in [2.75, 3.05) is 18.1 Å². The Bertz CT molecular complexity index is 1680. The summed E-state index contributed by atoms with van der Waals surface area (Å²) in [5.41, 5.74) is 3.04. The van der Waals surface area contributed by atoms with Crippen molar-refractivity contribution < 1.29 is 22.8 Å². The number of nitrogens with zero attached hydrogens (tertiary/aromatic N) is 4. The van der Waals surface area contributed by atoms with Crippen LogP contribution in [0.3, 0.4) is 0 Å². The third kappa shape index (κ3) is 5.06. The molecular formula is C33H34F2N4O3S. The van der Waals surface area contributed by atoms with Crippen molar-refractivity contribution >= 4 is 33.1 Å². The fourth-order valence-electron chi connectivity index (χ4n) is 7.19. The highest BCUT2D eigenvalue weighted by atomic mass is 32.1. The Morgan fingerprint density at radius 3 is 2.56 bits per heavy atom. The van der Waals surface area contributed by atoms with Crippen LogP contribution in [0.2, 0.25) is 0 Å². The van der Waals surface area contributed by atoms with Crippen molar-refractivity contribution in [3.63, 3.8) is 0 Å². The summed E-state index contributed by atoms with van der Waals surface area (Å²) in [5.74, 6) is -1.25. The monoisotopic (exact) mass is 604 g/mol. The van der Waals surface area contributed by atoms with E-state index in [0.717, 1.165) is 76.4 Å². The van der Waals surface area contributed by atoms with Crippen molar-refractivity contribution in [3.05, 3.63) is 59.2 Å². The van der Waals surface area contributed by atoms with Gasteiger partial charge in [-0.05, 0) is 86.8 Å². The zero-order chi connectivity index (χ0) is 29.4. The Hall–Kier alpha value is -3.24. The maximum atomic E-state index is 13.9. The predicted molar refractivity (Wildman–Crippen MR) is 159 cm³/mol. The molecule has 43 heavy (non-hydrogen) atoms. The number of anilines is 1. The molecule has 1 amide bonds. The van der Waals surface area contributed by atoms with Crippen molar-refractivity contribution in [2.24, 2.45) is 11.3 Å². The summed E-state index contributed by atoms with van der Waals surface area (Å²) >= 11 is 1.66. The fraction of sp³-hybridized carbons (Fsp3) is 0.515. The molecule has 2 bridgehead atoms. The molecule has 3 aliphatic carbocycles. The van der Waals surface area contributed by atoms with Gasteiger partial charge in [-0.2, -0.15) is 4.98 Å². The summed E-state index contributed by atoms with van der Waals surface area (Å²) in [7, 11) is 0. The first-order chi connectivity index (χ1) is 20.7. The number of fused-ring (bicyclic) bond motifs is 4. The van der Waals surface area contributed by atoms with Gasteiger partial charge in [-0.25, -0.2) is 13.8 Å². The number of hydrogen-bond donors (Lipinski definition) is 0. The smallest absolute Gasteiger partial charge is 0.258 e. The molecule has 0 unspecified atom stereocenters. The number of ether oxygens (including phenoxy) is 1. The van der Waals surface area contributed by atoms with Crippen LogP contribution in [0.1, 0.15) is 80.4 Å². The van der Waals surface area contributed by atoms with Crippen LogP contribution < -0.4 is 4.90 Å². The molecule has 0 N–H and O–H groups in total. The highest BCUT2D eigenvalue weighted by Gasteiger charge is 2.55. The predicted octanol–water partition coefficient (Wildman–Crippen LogP) is 7.79. The number of hydrogen-bond acceptors (Lipinski definition) is 7. The minimum atomic E-state index is -2.65. The van der Waals surface area contributed by atoms with E-state index in [4.69, 9.17) is 14.2 Å². The van der Waals surface area contributed by atoms with E-state index >= 15 is 0 Å². The minimum absolute atomic E-state index is 0.103. The van der Waals surface area contributed by atoms with Crippen LogP contribution in [-0.2, 0) is 15.1 Å². The standard InChI is InChI=1S/C33H34F2N4O3S/c1-20-36-26-8-7-24(15-27(26)43-20)23-3-2-4-25(14-23)39(28(40)13-21-16-33(34,35)17-21)18-31-9-11-32(12-10-31,41-19-31)30-37-29(38-42-30)22-5-6-22/h2-4,7-8,14-15,21-22H,5-6,9-13,16-19H2,1H3. The number of carbonyl (C=O) groups is 1. The van der Waals surface area contributed by atoms with Crippen LogP contribution in [0.5, 0.6) is 0 Å². The molecule has 7 nitrogen and oxygen atoms in total. The van der Waals surface area contributed by atoms with Crippen LogP contribution in [0.4, 0.5) is 14.5 Å². The molecule has 2 aliphatic heterocycles. The Morgan fingerprint density at radius 1 is 1.05 bits per heavy atom. The number of benzene rings is 2. The summed E-state index contributed by atoms with van der Waals surface area (Å²) in [5, 5.41) is 5.24. The summed E-state index contributed by atoms with van der Waals surface area (Å²) in [6.07, 6.45) is 5.14. The van der Waals surface area contributed by atoms with Gasteiger partial charge in [-0.1, -0.05) is 23.4 Å². The van der Waals surface area contributed by atoms with Gasteiger partial charge in [0.25, 0.3) is 5.89 Å². The van der Waals surface area contributed by atoms with Crippen LogP contribution in [0.15, 0.2) is 47.0 Å². The maximum absolute atomic E-state index is 13.9. The SMILES string of the molecule is Cc1nc2ccc(-c3cccc(N(CC45CCC(c6nc(C7CC7)no6)(CC4)OC5)C(=O)CC4CC(F)(F)C4)c3)cc2s1. The van der Waals surface area contributed by atoms with E-state index in [0.29, 0.717) is 25.0 Å². The van der Waals surface area contributed by atoms with Gasteiger partial charge in [-0.3, -0.25) is 4.79 Å². The number of halogens is 2. The first-order valence-corrected chi connectivity index (χ1v) is 16.1. The van der Waals surface area contributed by atoms with Gasteiger partial charge >= 0.3 is 0 Å². The number of carbonyl (C=O) groups excluding carboxylic acids is 1. The quantitative estimate of drug-likeness (QED) is 0.204. The molecule has 224 valence electrons. The molecule has 0 radical (unpaired) electrons. The normalized spacial score (nSPS) is 26.5. The van der Waals surface area contributed by atoms with Crippen LogP contribution >= 0.6 is 11.3 Å². The van der Waals surface area contributed by atoms with Gasteiger partial charge in [0, 0.05) is 42.8 Å². The average molecular weight is 605 g/mol. The number of rotatable bonds is 8. The lowest BCUT2D eigenvalue weighted by Crippen LogP contribution is -2.55. The molecule has 5 aliphatic rings. The Labute approximate surface area is 252 Å². The molecule has 2 saturated heterocycles. The number of aryl methyl sites for hydroxylation is 1. The van der Waals surface area contributed by atoms with Crippen molar-refractivity contribution in [1.82, 2.24) is 15.1 Å². The largest absolute Gasteiger partial charge is 0.364 e. The fourth-order valence-corrected chi connectivity index (χ4v) is 8.06. The van der Waals surface area contributed by atoms with Gasteiger partial charge in [0.05, 0.1) is 21.8 Å². The highest BCUT2D eigenvalue weighted by molar-refractivity contribution is 7.18. The molecular weight excluding hydrogens is 570 g/mol. The van der Waals surface area contributed by atoms with E-state index in [-0.39, 0.29) is 36.5 Å². The number of amides is 1. The molecule has 5 fully saturated rings. The summed E-state index contributed by atoms with van der Waals surface area (Å²) in [4.78, 5) is 25.0. The van der Waals surface area contributed by atoms with Crippen molar-refractivity contribution in [3.8, 4) is 11.1 Å². The van der Waals surface area contributed by atoms with Gasteiger partial charge in [0.2, 0.25) is 11.8 Å². The molecule has 3 saturated carbocycles. The molecule has 4 heterocycles. The molecule has 4 aromatic rings. The summed E-state index contributed by atoms with van der Waals surface area (Å²) < 4.78 is 40.7. The second-order valence-electron chi connectivity index (χ2n) is 13.3. The molecule has 9 rings (SSSR count). The second-order valence-corrected chi connectivity index (χ2v) is 14.5. The highest BCUT2D eigenvalue weighted by Crippen LogP contribution is 2.54. The lowest BCUT2D eigenvalue weighted by Gasteiger charge is -2.52. The maximum Gasteiger partial charge on any atom is 0.258 e. The van der Waals surface area contributed by atoms with Crippen molar-refractivity contribution in [1.29, 1.82) is 0 Å². The van der Waals surface area contributed by atoms with Crippen LogP contribution in [0.25, 0.3) is 21.3 Å². The lowest BCUT2D eigenvalue weighted by molar-refractivity contribution is -0.198. The van der Waals surface area contributed by atoms with Gasteiger partial charge in [0.1, 0.15) is 5.60 Å². The van der Waals surface area contributed by atoms with Gasteiger partial charge in [0.15, 0.2) is 5.82 Å². The van der Waals surface area contributed by atoms with Crippen LogP contribution in [0, 0.1) is 18.3 Å². The van der Waals surface area contributed by atoms with Crippen LogP contribution in [-0.4, -0.2) is 40.1 Å². The molecule has 2 aromatic carbocycles. The average Bonchev–Trinajstić information content (AvgIpc) is 3.58. The minimum Gasteiger partial charge on any atom is -0.364 e. The Morgan fingerprint density at radius 2 is 1.84 bits per heavy atom. The number of alkyl halides is 2. The van der Waals surface area contributed by atoms with E-state index in [1.807, 2.05) is 42.2 Å². The van der Waals surface area contributed by atoms with E-state index in [1.165, 1.54) is 0 Å². The number of thiazole rings is 1. The second kappa shape index (κ2) is 9.89. The Kier molecular flexibility index (Phi) is 6.28. The topological polar surface area (TPSA) is 81.3 Å². The van der Waals surface area contributed by atoms with Gasteiger partial charge < -0.3 is 14.2 Å². The van der Waals surface area contributed by atoms with E-state index < -0.39 is 11.5 Å². The zero-order valence-corrected chi connectivity index (χ0v) is 25.0. The summed E-state index contributed by atoms with van der Waals surface area (Å²) in [6, 6.07) is 14.3. The zero-order valence-electron chi connectivity index (χ0n) is 24.2. The molecule has 10 heteroatoms. The van der Waals surface area contributed by atoms with Gasteiger partial charge in [-0.15, -0.1) is 11.3 Å². The number of aromatic nitrogens is 3. The van der Waals surface area contributed by atoms with Crippen molar-refractivity contribution in [2.45, 2.75) is 82.2 Å². The first-order valence-electron chi connectivity index (χ1n) is 15.3. The molecule has 2 aromatic heterocycles. The third-order valence-electron chi connectivity index (χ3n) is 9.97. The molecule has 0 atom stereocenters. The third-order valence-corrected chi connectivity index (χ3v) is 10.9. The lowest BCUT2D eigenvalue weighted by atomic mass is 9.65.